The molecule has 6 heteroatoms. The van der Waals surface area contributed by atoms with Crippen LogP contribution < -0.4 is 22.1 Å². The van der Waals surface area contributed by atoms with E-state index < -0.39 is 0 Å². The van der Waals surface area contributed by atoms with Crippen LogP contribution >= 0.6 is 0 Å². The van der Waals surface area contributed by atoms with Gasteiger partial charge in [-0.05, 0) is 17.7 Å². The summed E-state index contributed by atoms with van der Waals surface area (Å²) in [6.07, 6.45) is 0.601. The number of rotatable bonds is 4. The van der Waals surface area contributed by atoms with E-state index in [0.29, 0.717) is 24.3 Å². The van der Waals surface area contributed by atoms with Crippen molar-refractivity contribution in [2.45, 2.75) is 12.8 Å². The molecular formula is C11H14N4O2. The second-order valence-corrected chi connectivity index (χ2v) is 3.96. The predicted molar refractivity (Wildman–Crippen MR) is 65.5 cm³/mol. The number of amides is 2. The fraction of sp³-hybridized carbons (Fsp3) is 0.273. The first-order valence-corrected chi connectivity index (χ1v) is 5.30. The summed E-state index contributed by atoms with van der Waals surface area (Å²) in [7, 11) is 0. The van der Waals surface area contributed by atoms with Gasteiger partial charge in [-0.25, -0.2) is 0 Å². The van der Waals surface area contributed by atoms with Crippen LogP contribution in [0.4, 0.5) is 17.1 Å². The Morgan fingerprint density at radius 2 is 2.24 bits per heavy atom. The number of carbonyl (C=O) groups is 2. The Bertz CT molecular complexity index is 485. The number of nitrogen functional groups attached to an aromatic ring is 1. The van der Waals surface area contributed by atoms with Gasteiger partial charge in [-0.2, -0.15) is 0 Å². The third-order valence-electron chi connectivity index (χ3n) is 2.59. The zero-order chi connectivity index (χ0) is 12.4. The summed E-state index contributed by atoms with van der Waals surface area (Å²) in [4.78, 5) is 21.8. The van der Waals surface area contributed by atoms with Gasteiger partial charge in [0.1, 0.15) is 0 Å². The fourth-order valence-corrected chi connectivity index (χ4v) is 1.77. The molecule has 0 aliphatic carbocycles. The van der Waals surface area contributed by atoms with Crippen LogP contribution in [0.3, 0.4) is 0 Å². The van der Waals surface area contributed by atoms with Crippen LogP contribution in [0.25, 0.3) is 0 Å². The number of anilines is 3. The molecule has 0 fully saturated rings. The van der Waals surface area contributed by atoms with Crippen molar-refractivity contribution in [2.24, 2.45) is 5.73 Å². The number of nitrogens with one attached hydrogen (secondary N) is 2. The van der Waals surface area contributed by atoms with E-state index in [1.165, 1.54) is 0 Å². The topological polar surface area (TPSA) is 110 Å². The lowest BCUT2D eigenvalue weighted by molar-refractivity contribution is -0.118. The zero-order valence-corrected chi connectivity index (χ0v) is 9.25. The largest absolute Gasteiger partial charge is 0.397 e. The minimum atomic E-state index is -0.370. The van der Waals surface area contributed by atoms with Crippen molar-refractivity contribution in [3.63, 3.8) is 0 Å². The van der Waals surface area contributed by atoms with Gasteiger partial charge >= 0.3 is 0 Å². The minimum Gasteiger partial charge on any atom is -0.397 e. The van der Waals surface area contributed by atoms with Gasteiger partial charge in [0.05, 0.1) is 17.8 Å². The molecule has 1 heterocycles. The summed E-state index contributed by atoms with van der Waals surface area (Å²) in [5.74, 6) is -0.403. The van der Waals surface area contributed by atoms with Gasteiger partial charge in [-0.15, -0.1) is 0 Å². The molecule has 1 aromatic carbocycles. The number of hydrogen-bond acceptors (Lipinski definition) is 4. The monoisotopic (exact) mass is 234 g/mol. The lowest BCUT2D eigenvalue weighted by Gasteiger charge is -2.10. The average Bonchev–Trinajstić information content (AvgIpc) is 2.57. The minimum absolute atomic E-state index is 0.0336. The molecule has 90 valence electrons. The van der Waals surface area contributed by atoms with Crippen LogP contribution in [-0.4, -0.2) is 18.4 Å². The Kier molecular flexibility index (Phi) is 2.86. The SMILES string of the molecule is NC(=O)CCNc1cc2c(cc1N)CC(=O)N2. The maximum Gasteiger partial charge on any atom is 0.228 e. The second-order valence-electron chi connectivity index (χ2n) is 3.96. The van der Waals surface area contributed by atoms with Crippen LogP contribution in [0, 0.1) is 0 Å². The van der Waals surface area contributed by atoms with Crippen LogP contribution in [0.1, 0.15) is 12.0 Å². The Balaban J connectivity index is 2.11. The molecule has 2 amide bonds. The van der Waals surface area contributed by atoms with Gasteiger partial charge in [0.2, 0.25) is 11.8 Å². The quantitative estimate of drug-likeness (QED) is 0.552. The number of benzene rings is 1. The van der Waals surface area contributed by atoms with Crippen molar-refractivity contribution in [1.82, 2.24) is 0 Å². The van der Waals surface area contributed by atoms with Crippen molar-refractivity contribution in [1.29, 1.82) is 0 Å². The Morgan fingerprint density at radius 3 is 2.94 bits per heavy atom. The van der Waals surface area contributed by atoms with Gasteiger partial charge in [-0.3, -0.25) is 9.59 Å². The van der Waals surface area contributed by atoms with E-state index in [1.807, 2.05) is 0 Å². The molecule has 2 rings (SSSR count). The highest BCUT2D eigenvalue weighted by Gasteiger charge is 2.19. The van der Waals surface area contributed by atoms with Crippen molar-refractivity contribution in [3.05, 3.63) is 17.7 Å². The summed E-state index contributed by atoms with van der Waals surface area (Å²) in [6, 6.07) is 3.54. The molecule has 1 aliphatic heterocycles. The number of primary amides is 1. The molecular weight excluding hydrogens is 220 g/mol. The normalized spacial score (nSPS) is 13.1. The Morgan fingerprint density at radius 1 is 1.47 bits per heavy atom. The Labute approximate surface area is 98.4 Å². The maximum absolute atomic E-state index is 11.2. The van der Waals surface area contributed by atoms with Crippen LogP contribution in [-0.2, 0) is 16.0 Å². The van der Waals surface area contributed by atoms with Crippen molar-refractivity contribution in [3.8, 4) is 0 Å². The lowest BCUT2D eigenvalue weighted by Crippen LogP contribution is -2.16. The number of hydrogen-bond donors (Lipinski definition) is 4. The van der Waals surface area contributed by atoms with Crippen molar-refractivity contribution < 1.29 is 9.59 Å². The lowest BCUT2D eigenvalue weighted by atomic mass is 10.1. The molecule has 0 spiro atoms. The summed E-state index contributed by atoms with van der Waals surface area (Å²) in [5.41, 5.74) is 13.8. The van der Waals surface area contributed by atoms with E-state index in [0.717, 1.165) is 11.3 Å². The molecule has 0 saturated heterocycles. The van der Waals surface area contributed by atoms with E-state index in [-0.39, 0.29) is 18.2 Å². The van der Waals surface area contributed by atoms with Gasteiger partial charge in [0.15, 0.2) is 0 Å². The summed E-state index contributed by atoms with van der Waals surface area (Å²) >= 11 is 0. The van der Waals surface area contributed by atoms with Gasteiger partial charge in [-0.1, -0.05) is 0 Å². The second kappa shape index (κ2) is 4.32. The predicted octanol–water partition coefficient (Wildman–Crippen LogP) is 0.0507. The molecule has 0 saturated carbocycles. The summed E-state index contributed by atoms with van der Waals surface area (Å²) in [5, 5.41) is 5.75. The third kappa shape index (κ3) is 2.47. The first-order valence-electron chi connectivity index (χ1n) is 5.30. The zero-order valence-electron chi connectivity index (χ0n) is 9.25. The van der Waals surface area contributed by atoms with E-state index in [1.54, 1.807) is 12.1 Å². The van der Waals surface area contributed by atoms with Crippen molar-refractivity contribution >= 4 is 28.9 Å². The number of fused-ring (bicyclic) bond motifs is 1. The highest BCUT2D eigenvalue weighted by molar-refractivity contribution is 6.00. The standard InChI is InChI=1S/C11H14N4O2/c12-7-3-6-4-11(17)15-8(6)5-9(7)14-2-1-10(13)16/h3,5,14H,1-2,4,12H2,(H2,13,16)(H,15,17). The summed E-state index contributed by atoms with van der Waals surface area (Å²) < 4.78 is 0. The van der Waals surface area contributed by atoms with E-state index >= 15 is 0 Å². The smallest absolute Gasteiger partial charge is 0.228 e. The van der Waals surface area contributed by atoms with Gasteiger partial charge in [0, 0.05) is 18.7 Å². The molecule has 0 atom stereocenters. The summed E-state index contributed by atoms with van der Waals surface area (Å²) in [6.45, 7) is 0.423. The first kappa shape index (κ1) is 11.3. The fourth-order valence-electron chi connectivity index (χ4n) is 1.77. The first-order chi connectivity index (χ1) is 8.06. The average molecular weight is 234 g/mol. The molecule has 1 aromatic rings. The molecule has 0 radical (unpaired) electrons. The maximum atomic E-state index is 11.2. The molecule has 17 heavy (non-hydrogen) atoms. The van der Waals surface area contributed by atoms with E-state index in [9.17, 15) is 9.59 Å². The highest BCUT2D eigenvalue weighted by Crippen LogP contribution is 2.31. The number of nitrogens with two attached hydrogens (primary N) is 2. The van der Waals surface area contributed by atoms with Crippen LogP contribution in [0.5, 0.6) is 0 Å². The van der Waals surface area contributed by atoms with Gasteiger partial charge in [0.25, 0.3) is 0 Å². The molecule has 0 bridgehead atoms. The molecule has 6 nitrogen and oxygen atoms in total. The van der Waals surface area contributed by atoms with Crippen LogP contribution in [0.2, 0.25) is 0 Å². The third-order valence-corrected chi connectivity index (χ3v) is 2.59. The van der Waals surface area contributed by atoms with Crippen LogP contribution in [0.15, 0.2) is 12.1 Å². The Hall–Kier alpha value is -2.24. The van der Waals surface area contributed by atoms with Gasteiger partial charge < -0.3 is 22.1 Å². The molecule has 6 N–H and O–H groups in total. The van der Waals surface area contributed by atoms with Crippen molar-refractivity contribution in [2.75, 3.05) is 22.9 Å². The molecule has 0 unspecified atom stereocenters. The van der Waals surface area contributed by atoms with E-state index in [2.05, 4.69) is 10.6 Å². The number of carbonyl (C=O) groups excluding carboxylic acids is 2. The molecule has 1 aliphatic rings. The molecule has 0 aromatic heterocycles. The van der Waals surface area contributed by atoms with E-state index in [4.69, 9.17) is 11.5 Å². The highest BCUT2D eigenvalue weighted by atomic mass is 16.2.